The first-order valence-electron chi connectivity index (χ1n) is 6.36. The third-order valence-corrected chi connectivity index (χ3v) is 3.40. The van der Waals surface area contributed by atoms with Crippen LogP contribution >= 0.6 is 0 Å². The molecule has 1 saturated heterocycles. The van der Waals surface area contributed by atoms with Crippen molar-refractivity contribution in [3.63, 3.8) is 0 Å². The Balaban J connectivity index is 2.04. The van der Waals surface area contributed by atoms with Crippen LogP contribution < -0.4 is 0 Å². The van der Waals surface area contributed by atoms with Gasteiger partial charge in [-0.2, -0.15) is 0 Å². The molecule has 0 atom stereocenters. The maximum Gasteiger partial charge on any atom is 0.152 e. The van der Waals surface area contributed by atoms with Crippen molar-refractivity contribution in [2.75, 3.05) is 19.6 Å². The quantitative estimate of drug-likeness (QED) is 0.762. The maximum atomic E-state index is 13.5. The Hall–Kier alpha value is -1.48. The van der Waals surface area contributed by atoms with Crippen molar-refractivity contribution in [3.05, 3.63) is 41.7 Å². The lowest BCUT2D eigenvalue weighted by Gasteiger charge is -2.27. The van der Waals surface area contributed by atoms with Crippen molar-refractivity contribution < 1.29 is 9.18 Å². The zero-order valence-electron chi connectivity index (χ0n) is 10.5. The molecule has 0 bridgehead atoms. The molecule has 2 nitrogen and oxygen atoms in total. The summed E-state index contributed by atoms with van der Waals surface area (Å²) in [5, 5.41) is 0. The lowest BCUT2D eigenvalue weighted by Crippen LogP contribution is -2.30. The summed E-state index contributed by atoms with van der Waals surface area (Å²) in [6.45, 7) is 6.98. The monoisotopic (exact) mass is 247 g/mol. The molecular weight excluding hydrogens is 229 g/mol. The fourth-order valence-corrected chi connectivity index (χ4v) is 2.32. The van der Waals surface area contributed by atoms with Crippen LogP contribution in [0.4, 0.5) is 4.39 Å². The van der Waals surface area contributed by atoms with Crippen LogP contribution in [0.1, 0.15) is 35.2 Å². The Labute approximate surface area is 107 Å². The van der Waals surface area contributed by atoms with Gasteiger partial charge in [-0.3, -0.25) is 9.69 Å². The molecule has 1 aliphatic rings. The fourth-order valence-electron chi connectivity index (χ4n) is 2.32. The number of hydrogen-bond acceptors (Lipinski definition) is 2. The van der Waals surface area contributed by atoms with E-state index >= 15 is 0 Å². The summed E-state index contributed by atoms with van der Waals surface area (Å²) >= 11 is 0. The third-order valence-electron chi connectivity index (χ3n) is 3.40. The number of carbonyl (C=O) groups excluding carboxylic acids is 1. The number of rotatable bonds is 4. The summed E-state index contributed by atoms with van der Waals surface area (Å²) in [5.74, 6) is -0.470. The minimum absolute atomic E-state index is 0.101. The molecule has 1 aliphatic heterocycles. The second-order valence-corrected chi connectivity index (χ2v) is 4.79. The topological polar surface area (TPSA) is 20.3 Å². The number of aldehydes is 1. The molecule has 96 valence electrons. The van der Waals surface area contributed by atoms with E-state index in [1.807, 2.05) is 0 Å². The van der Waals surface area contributed by atoms with Gasteiger partial charge in [0.2, 0.25) is 0 Å². The van der Waals surface area contributed by atoms with Crippen LogP contribution in [0.3, 0.4) is 0 Å². The third kappa shape index (κ3) is 3.05. The van der Waals surface area contributed by atoms with E-state index in [0.29, 0.717) is 6.29 Å². The summed E-state index contributed by atoms with van der Waals surface area (Å²) in [6.07, 6.45) is 4.29. The fraction of sp³-hybridized carbons (Fsp3) is 0.400. The highest BCUT2D eigenvalue weighted by Crippen LogP contribution is 2.19. The first kappa shape index (κ1) is 13.0. The lowest BCUT2D eigenvalue weighted by molar-refractivity contribution is 0.112. The molecule has 0 aromatic heterocycles. The largest absolute Gasteiger partial charge is 0.299 e. The van der Waals surface area contributed by atoms with Gasteiger partial charge in [0.1, 0.15) is 5.82 Å². The molecule has 1 aromatic carbocycles. The van der Waals surface area contributed by atoms with Crippen molar-refractivity contribution in [1.29, 1.82) is 0 Å². The predicted molar refractivity (Wildman–Crippen MR) is 71.1 cm³/mol. The summed E-state index contributed by atoms with van der Waals surface area (Å²) in [6, 6.07) is 4.67. The lowest BCUT2D eigenvalue weighted by atomic mass is 10.0. The first-order chi connectivity index (χ1) is 8.70. The number of likely N-dealkylation sites (tertiary alicyclic amines) is 1. The molecule has 0 spiro atoms. The van der Waals surface area contributed by atoms with Gasteiger partial charge in [-0.15, -0.1) is 0 Å². The summed E-state index contributed by atoms with van der Waals surface area (Å²) in [7, 11) is 0. The van der Waals surface area contributed by atoms with Crippen LogP contribution in [0.5, 0.6) is 0 Å². The molecule has 2 rings (SSSR count). The van der Waals surface area contributed by atoms with Gasteiger partial charge in [0.05, 0.1) is 5.56 Å². The normalized spacial score (nSPS) is 16.5. The van der Waals surface area contributed by atoms with Crippen LogP contribution in [-0.2, 0) is 0 Å². The van der Waals surface area contributed by atoms with Gasteiger partial charge in [0.25, 0.3) is 0 Å². The maximum absolute atomic E-state index is 13.5. The summed E-state index contributed by atoms with van der Waals surface area (Å²) < 4.78 is 13.5. The van der Waals surface area contributed by atoms with E-state index in [9.17, 15) is 9.18 Å². The number of piperidine rings is 1. The van der Waals surface area contributed by atoms with Gasteiger partial charge in [-0.05, 0) is 49.2 Å². The zero-order valence-corrected chi connectivity index (χ0v) is 10.5. The average molecular weight is 247 g/mol. The molecular formula is C15H18FNO. The molecule has 1 aromatic rings. The van der Waals surface area contributed by atoms with Gasteiger partial charge in [0.15, 0.2) is 6.29 Å². The zero-order chi connectivity index (χ0) is 13.0. The van der Waals surface area contributed by atoms with Gasteiger partial charge in [-0.1, -0.05) is 19.1 Å². The van der Waals surface area contributed by atoms with Gasteiger partial charge >= 0.3 is 0 Å². The Bertz CT molecular complexity index is 450. The minimum Gasteiger partial charge on any atom is -0.299 e. The first-order valence-corrected chi connectivity index (χ1v) is 6.36. The highest BCUT2D eigenvalue weighted by molar-refractivity contribution is 5.77. The van der Waals surface area contributed by atoms with Gasteiger partial charge in [0, 0.05) is 6.54 Å². The molecule has 0 aliphatic carbocycles. The van der Waals surface area contributed by atoms with Crippen LogP contribution in [0.2, 0.25) is 0 Å². The summed E-state index contributed by atoms with van der Waals surface area (Å²) in [5.41, 5.74) is 1.79. The van der Waals surface area contributed by atoms with Gasteiger partial charge in [-0.25, -0.2) is 4.39 Å². The van der Waals surface area contributed by atoms with E-state index in [4.69, 9.17) is 0 Å². The molecule has 3 heteroatoms. The number of nitrogens with zero attached hydrogens (tertiary/aromatic N) is 1. The van der Waals surface area contributed by atoms with E-state index in [1.54, 1.807) is 6.07 Å². The van der Waals surface area contributed by atoms with E-state index < -0.39 is 5.82 Å². The van der Waals surface area contributed by atoms with E-state index in [2.05, 4.69) is 11.5 Å². The smallest absolute Gasteiger partial charge is 0.152 e. The number of benzene rings is 1. The molecule has 18 heavy (non-hydrogen) atoms. The van der Waals surface area contributed by atoms with E-state index in [1.165, 1.54) is 31.4 Å². The number of hydrogen-bond donors (Lipinski definition) is 0. The SMILES string of the molecule is C=C(CN1CCCCC1)c1ccc(C=O)c(F)c1. The molecule has 0 amide bonds. The van der Waals surface area contributed by atoms with E-state index in [-0.39, 0.29) is 5.56 Å². The highest BCUT2D eigenvalue weighted by Gasteiger charge is 2.12. The molecule has 0 radical (unpaired) electrons. The van der Waals surface area contributed by atoms with Crippen molar-refractivity contribution in [2.24, 2.45) is 0 Å². The van der Waals surface area contributed by atoms with Crippen LogP contribution in [-0.4, -0.2) is 30.8 Å². The standard InChI is InChI=1S/C15H18FNO/c1-12(10-17-7-3-2-4-8-17)13-5-6-14(11-18)15(16)9-13/h5-6,9,11H,1-4,7-8,10H2. The molecule has 0 saturated carbocycles. The van der Waals surface area contributed by atoms with E-state index in [0.717, 1.165) is 30.8 Å². The van der Waals surface area contributed by atoms with Crippen molar-refractivity contribution >= 4 is 11.9 Å². The van der Waals surface area contributed by atoms with Crippen LogP contribution in [0.15, 0.2) is 24.8 Å². The van der Waals surface area contributed by atoms with Crippen molar-refractivity contribution in [3.8, 4) is 0 Å². The van der Waals surface area contributed by atoms with Crippen LogP contribution in [0.25, 0.3) is 5.57 Å². The number of halogens is 1. The van der Waals surface area contributed by atoms with Crippen molar-refractivity contribution in [2.45, 2.75) is 19.3 Å². The molecule has 0 unspecified atom stereocenters. The molecule has 0 N–H and O–H groups in total. The Kier molecular flexibility index (Phi) is 4.26. The predicted octanol–water partition coefficient (Wildman–Crippen LogP) is 3.14. The Morgan fingerprint density at radius 3 is 2.67 bits per heavy atom. The second kappa shape index (κ2) is 5.91. The molecule has 1 heterocycles. The summed E-state index contributed by atoms with van der Waals surface area (Å²) in [4.78, 5) is 12.9. The Morgan fingerprint density at radius 1 is 1.33 bits per heavy atom. The Morgan fingerprint density at radius 2 is 2.06 bits per heavy atom. The average Bonchev–Trinajstić information content (AvgIpc) is 2.39. The number of carbonyl (C=O) groups is 1. The molecule has 1 fully saturated rings. The second-order valence-electron chi connectivity index (χ2n) is 4.79. The highest BCUT2D eigenvalue weighted by atomic mass is 19.1. The van der Waals surface area contributed by atoms with Crippen molar-refractivity contribution in [1.82, 2.24) is 4.90 Å². The van der Waals surface area contributed by atoms with Gasteiger partial charge < -0.3 is 0 Å². The minimum atomic E-state index is -0.470. The van der Waals surface area contributed by atoms with Crippen LogP contribution in [0, 0.1) is 5.82 Å².